The number of pyridine rings is 1. The van der Waals surface area contributed by atoms with E-state index in [1.165, 1.54) is 49.5 Å². The fourth-order valence-electron chi connectivity index (χ4n) is 12.1. The monoisotopic (exact) mass is 891 g/mol. The van der Waals surface area contributed by atoms with Crippen molar-refractivity contribution in [3.05, 3.63) is 271 Å². The van der Waals surface area contributed by atoms with Crippen LogP contribution in [0, 0.1) is 0 Å². The number of fused-ring (bicyclic) bond motifs is 16. The fourth-order valence-corrected chi connectivity index (χ4v) is 12.1. The van der Waals surface area contributed by atoms with Gasteiger partial charge in [-0.05, 0) is 122 Å². The average molecular weight is 892 g/mol. The molecule has 0 saturated carbocycles. The Kier molecular flexibility index (Phi) is 8.25. The third-order valence-corrected chi connectivity index (χ3v) is 15.0. The molecule has 0 amide bonds. The van der Waals surface area contributed by atoms with Crippen LogP contribution >= 0.6 is 0 Å². The van der Waals surface area contributed by atoms with E-state index in [1.807, 2.05) is 0 Å². The van der Waals surface area contributed by atoms with Crippen molar-refractivity contribution in [3.8, 4) is 50.5 Å². The maximum atomic E-state index is 6.56. The molecule has 1 aliphatic carbocycles. The van der Waals surface area contributed by atoms with Gasteiger partial charge in [-0.25, -0.2) is 4.98 Å². The van der Waals surface area contributed by atoms with Gasteiger partial charge in [0.15, 0.2) is 0 Å². The summed E-state index contributed by atoms with van der Waals surface area (Å²) >= 11 is 0. The van der Waals surface area contributed by atoms with Gasteiger partial charge in [0.25, 0.3) is 0 Å². The SMILES string of the molecule is c1ccc(-c2cc(-c3ccccc3)nc(-n3c4ccccc4c4cc(-c5ccc6c(c5)N(c5ccccc5)c5ccccc5C65c6ccccc6-c6c5ccc5oc7ccccc7c65)ccc43)c2)cc1. The summed E-state index contributed by atoms with van der Waals surface area (Å²) in [4.78, 5) is 7.88. The summed E-state index contributed by atoms with van der Waals surface area (Å²) in [5.41, 5.74) is 21.0. The molecule has 4 heterocycles. The number of hydrogen-bond donors (Lipinski definition) is 0. The minimum absolute atomic E-state index is 0.606. The van der Waals surface area contributed by atoms with Gasteiger partial charge < -0.3 is 9.32 Å². The van der Waals surface area contributed by atoms with Gasteiger partial charge in [-0.15, -0.1) is 0 Å². The van der Waals surface area contributed by atoms with Crippen LogP contribution in [-0.2, 0) is 5.41 Å². The topological polar surface area (TPSA) is 34.2 Å². The number of nitrogens with zero attached hydrogens (tertiary/aromatic N) is 3. The van der Waals surface area contributed by atoms with Crippen molar-refractivity contribution in [3.63, 3.8) is 0 Å². The number of rotatable bonds is 5. The molecule has 3 aromatic heterocycles. The van der Waals surface area contributed by atoms with E-state index in [2.05, 4.69) is 258 Å². The minimum Gasteiger partial charge on any atom is -0.456 e. The summed E-state index contributed by atoms with van der Waals surface area (Å²) in [6.45, 7) is 0. The van der Waals surface area contributed by atoms with Crippen LogP contribution < -0.4 is 4.90 Å². The average Bonchev–Trinajstić information content (AvgIpc) is 4.08. The van der Waals surface area contributed by atoms with Crippen LogP contribution in [0.4, 0.5) is 17.1 Å². The van der Waals surface area contributed by atoms with Crippen molar-refractivity contribution in [2.45, 2.75) is 5.41 Å². The Morgan fingerprint density at radius 3 is 1.84 bits per heavy atom. The second kappa shape index (κ2) is 14.9. The van der Waals surface area contributed by atoms with Crippen LogP contribution in [-0.4, -0.2) is 9.55 Å². The maximum Gasteiger partial charge on any atom is 0.138 e. The van der Waals surface area contributed by atoms with Gasteiger partial charge in [-0.3, -0.25) is 4.57 Å². The second-order valence-electron chi connectivity index (χ2n) is 18.6. The second-order valence-corrected chi connectivity index (χ2v) is 18.6. The van der Waals surface area contributed by atoms with E-state index >= 15 is 0 Å². The van der Waals surface area contributed by atoms with E-state index in [-0.39, 0.29) is 0 Å². The summed E-state index contributed by atoms with van der Waals surface area (Å²) in [6, 6.07) is 90.4. The zero-order valence-corrected chi connectivity index (χ0v) is 37.9. The predicted octanol–water partition coefficient (Wildman–Crippen LogP) is 17.2. The highest BCUT2D eigenvalue weighted by atomic mass is 16.3. The number of aromatic nitrogens is 2. The summed E-state index contributed by atoms with van der Waals surface area (Å²) < 4.78 is 8.91. The van der Waals surface area contributed by atoms with Gasteiger partial charge in [-0.1, -0.05) is 182 Å². The van der Waals surface area contributed by atoms with Gasteiger partial charge in [-0.2, -0.15) is 0 Å². The molecule has 0 radical (unpaired) electrons. The highest BCUT2D eigenvalue weighted by Crippen LogP contribution is 2.65. The Hall–Kier alpha value is -9.25. The fraction of sp³-hybridized carbons (Fsp3) is 0.0152. The molecule has 15 rings (SSSR count). The van der Waals surface area contributed by atoms with Crippen molar-refractivity contribution >= 4 is 60.8 Å². The molecule has 0 N–H and O–H groups in total. The molecular formula is C66H41N3O. The smallest absolute Gasteiger partial charge is 0.138 e. The third-order valence-electron chi connectivity index (χ3n) is 15.0. The Morgan fingerprint density at radius 2 is 1.00 bits per heavy atom. The molecule has 0 bridgehead atoms. The van der Waals surface area contributed by atoms with E-state index in [0.29, 0.717) is 0 Å². The van der Waals surface area contributed by atoms with Crippen molar-refractivity contribution in [2.75, 3.05) is 4.90 Å². The van der Waals surface area contributed by atoms with Crippen LogP contribution in [0.2, 0.25) is 0 Å². The lowest BCUT2D eigenvalue weighted by Gasteiger charge is -2.45. The van der Waals surface area contributed by atoms with Crippen molar-refractivity contribution in [1.29, 1.82) is 0 Å². The maximum absolute atomic E-state index is 6.56. The number of para-hydroxylation sites is 4. The molecule has 2 aliphatic rings. The molecule has 13 aromatic rings. The van der Waals surface area contributed by atoms with E-state index < -0.39 is 5.41 Å². The third kappa shape index (κ3) is 5.44. The summed E-state index contributed by atoms with van der Waals surface area (Å²) in [5, 5.41) is 4.67. The van der Waals surface area contributed by atoms with Gasteiger partial charge in [0, 0.05) is 32.8 Å². The highest BCUT2D eigenvalue weighted by molar-refractivity contribution is 6.16. The van der Waals surface area contributed by atoms with Crippen LogP contribution in [0.25, 0.3) is 94.2 Å². The Labute approximate surface area is 404 Å². The minimum atomic E-state index is -0.606. The molecule has 4 nitrogen and oxygen atoms in total. The quantitative estimate of drug-likeness (QED) is 0.173. The molecule has 0 fully saturated rings. The zero-order chi connectivity index (χ0) is 45.9. The number of hydrogen-bond acceptors (Lipinski definition) is 3. The van der Waals surface area contributed by atoms with Gasteiger partial charge >= 0.3 is 0 Å². The summed E-state index contributed by atoms with van der Waals surface area (Å²) in [7, 11) is 0. The number of anilines is 3. The van der Waals surface area contributed by atoms with E-state index in [0.717, 1.165) is 84.0 Å². The molecule has 10 aromatic carbocycles. The zero-order valence-electron chi connectivity index (χ0n) is 37.9. The van der Waals surface area contributed by atoms with E-state index in [4.69, 9.17) is 9.40 Å². The summed E-state index contributed by atoms with van der Waals surface area (Å²) in [6.07, 6.45) is 0. The van der Waals surface area contributed by atoms with Gasteiger partial charge in [0.2, 0.25) is 0 Å². The van der Waals surface area contributed by atoms with E-state index in [1.54, 1.807) is 0 Å². The lowest BCUT2D eigenvalue weighted by molar-refractivity contribution is 0.668. The van der Waals surface area contributed by atoms with Crippen LogP contribution in [0.15, 0.2) is 253 Å². The molecule has 1 aliphatic heterocycles. The lowest BCUT2D eigenvalue weighted by Crippen LogP contribution is -2.36. The molecule has 4 heteroatoms. The van der Waals surface area contributed by atoms with Crippen molar-refractivity contribution < 1.29 is 4.42 Å². The molecule has 70 heavy (non-hydrogen) atoms. The lowest BCUT2D eigenvalue weighted by atomic mass is 9.64. The predicted molar refractivity (Wildman–Crippen MR) is 288 cm³/mol. The molecular weight excluding hydrogens is 851 g/mol. The molecule has 1 spiro atoms. The first-order valence-corrected chi connectivity index (χ1v) is 24.0. The van der Waals surface area contributed by atoms with E-state index in [9.17, 15) is 0 Å². The molecule has 326 valence electrons. The van der Waals surface area contributed by atoms with Crippen molar-refractivity contribution in [2.24, 2.45) is 0 Å². The van der Waals surface area contributed by atoms with Crippen LogP contribution in [0.5, 0.6) is 0 Å². The molecule has 0 saturated heterocycles. The first-order valence-electron chi connectivity index (χ1n) is 24.0. The Morgan fingerprint density at radius 1 is 0.371 bits per heavy atom. The van der Waals surface area contributed by atoms with Crippen LogP contribution in [0.3, 0.4) is 0 Å². The number of furan rings is 1. The largest absolute Gasteiger partial charge is 0.456 e. The highest BCUT2D eigenvalue weighted by Gasteiger charge is 2.52. The van der Waals surface area contributed by atoms with Crippen LogP contribution in [0.1, 0.15) is 22.3 Å². The standard InChI is InChI=1S/C66H41N3O/c1-4-18-42(19-5-1)46-39-56(43-20-6-2-7-21-43)67-63(41-46)69-57-29-15-11-24-48(57)51-38-44(33-36-58(51)69)45-32-34-54-60(40-45)68(47-22-8-3-9-23-47)59-30-16-14-28-53(59)66(54)52-27-13-10-25-49(52)64-55(66)35-37-62-65(64)50-26-12-17-31-61(50)70-62/h1-41H. The molecule has 1 unspecified atom stereocenters. The first kappa shape index (κ1) is 38.8. The Balaban J connectivity index is 0.967. The van der Waals surface area contributed by atoms with Gasteiger partial charge in [0.05, 0.1) is 33.5 Å². The van der Waals surface area contributed by atoms with Crippen molar-refractivity contribution in [1.82, 2.24) is 9.55 Å². The van der Waals surface area contributed by atoms with Gasteiger partial charge in [0.1, 0.15) is 17.0 Å². The number of benzene rings is 10. The Bertz CT molecular complexity index is 4190. The first-order chi connectivity index (χ1) is 34.7. The molecule has 1 atom stereocenters. The summed E-state index contributed by atoms with van der Waals surface area (Å²) in [5.74, 6) is 0.883. The normalized spacial score (nSPS) is 14.6.